The van der Waals surface area contributed by atoms with Crippen LogP contribution in [0.5, 0.6) is 5.19 Å². The number of thiazole rings is 1. The van der Waals surface area contributed by atoms with Crippen molar-refractivity contribution in [1.82, 2.24) is 9.29 Å². The topological polar surface area (TPSA) is 59.5 Å². The first-order chi connectivity index (χ1) is 10.1. The number of hydrogen-bond donors (Lipinski definition) is 0. The van der Waals surface area contributed by atoms with Crippen molar-refractivity contribution in [1.29, 1.82) is 0 Å². The number of sulfonamides is 1. The van der Waals surface area contributed by atoms with Crippen molar-refractivity contribution in [3.05, 3.63) is 40.9 Å². The van der Waals surface area contributed by atoms with Gasteiger partial charge in [0.2, 0.25) is 10.0 Å². The van der Waals surface area contributed by atoms with Crippen molar-refractivity contribution >= 4 is 33.0 Å². The Hall–Kier alpha value is -1.15. The van der Waals surface area contributed by atoms with E-state index in [1.165, 1.54) is 21.7 Å². The average molecular weight is 345 g/mol. The maximum atomic E-state index is 12.6. The molecular weight excluding hydrogens is 332 g/mol. The quantitative estimate of drug-likeness (QED) is 0.855. The molecule has 0 amide bonds. The predicted octanol–water partition coefficient (Wildman–Crippen LogP) is 2.64. The number of rotatable bonds is 4. The molecule has 0 spiro atoms. The minimum Gasteiger partial charge on any atom is -0.465 e. The number of hydrogen-bond acceptors (Lipinski definition) is 5. The molecule has 1 aromatic carbocycles. The zero-order valence-corrected chi connectivity index (χ0v) is 13.4. The third kappa shape index (κ3) is 3.06. The third-order valence-corrected chi connectivity index (χ3v) is 6.27. The van der Waals surface area contributed by atoms with Gasteiger partial charge >= 0.3 is 0 Å². The Morgan fingerprint density at radius 2 is 2.19 bits per heavy atom. The molecule has 0 aliphatic carbocycles. The molecule has 0 radical (unpaired) electrons. The Labute approximate surface area is 132 Å². The minimum absolute atomic E-state index is 0.140. The second-order valence-corrected chi connectivity index (χ2v) is 7.79. The fraction of sp³-hybridized carbons (Fsp3) is 0.308. The van der Waals surface area contributed by atoms with Crippen molar-refractivity contribution in [3.63, 3.8) is 0 Å². The molecule has 0 bridgehead atoms. The van der Waals surface area contributed by atoms with Crippen LogP contribution >= 0.6 is 22.9 Å². The van der Waals surface area contributed by atoms with Crippen LogP contribution in [-0.4, -0.2) is 36.9 Å². The predicted molar refractivity (Wildman–Crippen MR) is 81.4 cm³/mol. The molecule has 1 aliphatic heterocycles. The summed E-state index contributed by atoms with van der Waals surface area (Å²) in [6.45, 7) is 0.733. The molecule has 1 fully saturated rings. The van der Waals surface area contributed by atoms with E-state index in [0.717, 1.165) is 0 Å². The molecule has 112 valence electrons. The van der Waals surface area contributed by atoms with Crippen molar-refractivity contribution in [2.24, 2.45) is 0 Å². The fourth-order valence-corrected chi connectivity index (χ4v) is 4.75. The lowest BCUT2D eigenvalue weighted by Gasteiger charge is -2.17. The highest BCUT2D eigenvalue weighted by molar-refractivity contribution is 7.89. The van der Waals surface area contributed by atoms with Gasteiger partial charge in [0, 0.05) is 18.1 Å². The second kappa shape index (κ2) is 5.92. The molecule has 2 aromatic rings. The lowest BCUT2D eigenvalue weighted by molar-refractivity contribution is 0.214. The van der Waals surface area contributed by atoms with Gasteiger partial charge in [-0.15, -0.1) is 0 Å². The molecule has 21 heavy (non-hydrogen) atoms. The third-order valence-electron chi connectivity index (χ3n) is 3.24. The van der Waals surface area contributed by atoms with Crippen LogP contribution in [0.15, 0.2) is 40.7 Å². The van der Waals surface area contributed by atoms with Gasteiger partial charge in [-0.25, -0.2) is 13.4 Å². The summed E-state index contributed by atoms with van der Waals surface area (Å²) in [4.78, 5) is 4.19. The highest BCUT2D eigenvalue weighted by atomic mass is 35.5. The van der Waals surface area contributed by atoms with Crippen LogP contribution in [0.25, 0.3) is 0 Å². The van der Waals surface area contributed by atoms with Crippen LogP contribution in [0.1, 0.15) is 6.42 Å². The summed E-state index contributed by atoms with van der Waals surface area (Å²) in [6.07, 6.45) is 2.13. The van der Waals surface area contributed by atoms with Gasteiger partial charge in [0.05, 0.1) is 11.6 Å². The van der Waals surface area contributed by atoms with Gasteiger partial charge in [-0.3, -0.25) is 0 Å². The number of halogens is 1. The standard InChI is InChI=1S/C13H13ClN2O3S2/c14-11-3-1-2-4-12(11)21(17,18)16-7-5-10(9-16)19-13-15-6-8-20-13/h1-4,6,8,10H,5,7,9H2. The van der Waals surface area contributed by atoms with Crippen molar-refractivity contribution in [2.45, 2.75) is 17.4 Å². The van der Waals surface area contributed by atoms with Gasteiger partial charge in [-0.2, -0.15) is 4.31 Å². The van der Waals surface area contributed by atoms with Crippen LogP contribution in [0.2, 0.25) is 5.02 Å². The highest BCUT2D eigenvalue weighted by Gasteiger charge is 2.34. The summed E-state index contributed by atoms with van der Waals surface area (Å²) >= 11 is 7.39. The van der Waals surface area contributed by atoms with Gasteiger partial charge < -0.3 is 4.74 Å². The maximum absolute atomic E-state index is 12.6. The number of ether oxygens (including phenoxy) is 1. The summed E-state index contributed by atoms with van der Waals surface area (Å²) in [7, 11) is -3.58. The molecule has 1 unspecified atom stereocenters. The molecule has 1 aromatic heterocycles. The van der Waals surface area contributed by atoms with Crippen LogP contribution in [-0.2, 0) is 10.0 Å². The van der Waals surface area contributed by atoms with Crippen LogP contribution < -0.4 is 4.74 Å². The van der Waals surface area contributed by atoms with E-state index in [1.807, 2.05) is 5.38 Å². The van der Waals surface area contributed by atoms with E-state index in [-0.39, 0.29) is 16.0 Å². The molecule has 8 heteroatoms. The summed E-state index contributed by atoms with van der Waals surface area (Å²) < 4.78 is 32.2. The summed E-state index contributed by atoms with van der Waals surface area (Å²) in [5, 5.41) is 2.63. The van der Waals surface area contributed by atoms with Gasteiger partial charge in [-0.05, 0) is 18.6 Å². The van der Waals surface area contributed by atoms with Crippen LogP contribution in [0, 0.1) is 0 Å². The van der Waals surface area contributed by atoms with Gasteiger partial charge in [0.1, 0.15) is 11.0 Å². The number of aromatic nitrogens is 1. The Morgan fingerprint density at radius 1 is 1.38 bits per heavy atom. The van der Waals surface area contributed by atoms with Crippen molar-refractivity contribution in [2.75, 3.05) is 13.1 Å². The van der Waals surface area contributed by atoms with E-state index >= 15 is 0 Å². The number of benzene rings is 1. The Balaban J connectivity index is 1.75. The lowest BCUT2D eigenvalue weighted by Crippen LogP contribution is -2.31. The molecule has 1 saturated heterocycles. The van der Waals surface area contributed by atoms with E-state index in [4.69, 9.17) is 16.3 Å². The summed E-state index contributed by atoms with van der Waals surface area (Å²) in [5.74, 6) is 0. The number of nitrogens with zero attached hydrogens (tertiary/aromatic N) is 2. The Morgan fingerprint density at radius 3 is 2.90 bits per heavy atom. The molecule has 1 atom stereocenters. The van der Waals surface area contributed by atoms with E-state index in [2.05, 4.69) is 4.98 Å². The summed E-state index contributed by atoms with van der Waals surface area (Å²) in [6, 6.07) is 6.47. The lowest BCUT2D eigenvalue weighted by atomic mass is 10.3. The Kier molecular flexibility index (Phi) is 4.17. The largest absolute Gasteiger partial charge is 0.465 e. The van der Waals surface area contributed by atoms with Gasteiger partial charge in [-0.1, -0.05) is 35.1 Å². The van der Waals surface area contributed by atoms with Crippen molar-refractivity contribution < 1.29 is 13.2 Å². The SMILES string of the molecule is O=S(=O)(c1ccccc1Cl)N1CCC(Oc2nccs2)C1. The van der Waals surface area contributed by atoms with Gasteiger partial charge in [0.25, 0.3) is 5.19 Å². The van der Waals surface area contributed by atoms with Crippen LogP contribution in [0.3, 0.4) is 0 Å². The maximum Gasteiger partial charge on any atom is 0.273 e. The zero-order chi connectivity index (χ0) is 14.9. The molecule has 0 saturated carbocycles. The Bertz CT molecular complexity index is 719. The first-order valence-corrected chi connectivity index (χ1v) is 9.08. The molecular formula is C13H13ClN2O3S2. The second-order valence-electron chi connectivity index (χ2n) is 4.62. The van der Waals surface area contributed by atoms with E-state index in [9.17, 15) is 8.42 Å². The molecule has 1 aliphatic rings. The molecule has 5 nitrogen and oxygen atoms in total. The van der Waals surface area contributed by atoms with Crippen LogP contribution in [0.4, 0.5) is 0 Å². The average Bonchev–Trinajstić information content (AvgIpc) is 3.11. The van der Waals surface area contributed by atoms with E-state index < -0.39 is 10.0 Å². The molecule has 3 rings (SSSR count). The smallest absolute Gasteiger partial charge is 0.273 e. The highest BCUT2D eigenvalue weighted by Crippen LogP contribution is 2.28. The molecule has 0 N–H and O–H groups in total. The van der Waals surface area contributed by atoms with Gasteiger partial charge in [0.15, 0.2) is 0 Å². The van der Waals surface area contributed by atoms with Crippen molar-refractivity contribution in [3.8, 4) is 5.19 Å². The normalized spacial score (nSPS) is 19.8. The zero-order valence-electron chi connectivity index (χ0n) is 11.0. The minimum atomic E-state index is -3.58. The van der Waals surface area contributed by atoms with E-state index in [1.54, 1.807) is 24.4 Å². The van der Waals surface area contributed by atoms with E-state index in [0.29, 0.717) is 24.7 Å². The fourth-order valence-electron chi connectivity index (χ4n) is 2.22. The first kappa shape index (κ1) is 14.8. The monoisotopic (exact) mass is 344 g/mol. The molecule has 2 heterocycles. The first-order valence-electron chi connectivity index (χ1n) is 6.38. The summed E-state index contributed by atoms with van der Waals surface area (Å²) in [5.41, 5.74) is 0.